The number of H-pyrrole nitrogens is 1. The van der Waals surface area contributed by atoms with Crippen molar-refractivity contribution in [3.8, 4) is 0 Å². The summed E-state index contributed by atoms with van der Waals surface area (Å²) in [5, 5.41) is 6.74. The van der Waals surface area contributed by atoms with E-state index >= 15 is 0 Å². The molecule has 3 heterocycles. The first kappa shape index (κ1) is 17.9. The molecule has 2 fully saturated rings. The fourth-order valence-electron chi connectivity index (χ4n) is 3.99. The summed E-state index contributed by atoms with van der Waals surface area (Å²) in [6.45, 7) is 3.18. The molecule has 1 aromatic heterocycles. The number of aromatic amines is 1. The van der Waals surface area contributed by atoms with Crippen LogP contribution >= 0.6 is 0 Å². The number of piperazine rings is 1. The lowest BCUT2D eigenvalue weighted by Crippen LogP contribution is -2.62. The van der Waals surface area contributed by atoms with Crippen LogP contribution in [0.3, 0.4) is 0 Å². The molecule has 138 valence electrons. The number of nitrogens with one attached hydrogen (secondary N) is 1. The molecule has 2 aliphatic heterocycles. The third-order valence-corrected chi connectivity index (χ3v) is 5.91. The third kappa shape index (κ3) is 4.03. The van der Waals surface area contributed by atoms with Crippen LogP contribution in [0.25, 0.3) is 0 Å². The molecule has 0 bridgehead atoms. The lowest BCUT2D eigenvalue weighted by Gasteiger charge is -2.49. The summed E-state index contributed by atoms with van der Waals surface area (Å²) in [6.07, 6.45) is 8.34. The maximum absolute atomic E-state index is 12.7. The fraction of sp³-hybridized carbons (Fsp3) is 0.722. The summed E-state index contributed by atoms with van der Waals surface area (Å²) in [4.78, 5) is 30.9. The molecule has 0 aromatic carbocycles. The normalized spacial score (nSPS) is 25.4. The predicted molar refractivity (Wildman–Crippen MR) is 95.0 cm³/mol. The minimum Gasteiger partial charge on any atom is -0.346 e. The summed E-state index contributed by atoms with van der Waals surface area (Å²) < 4.78 is 0. The number of nitrogens with zero attached hydrogens (tertiary/aromatic N) is 4. The number of amides is 2. The Morgan fingerprint density at radius 1 is 1.28 bits per heavy atom. The maximum Gasteiger partial charge on any atom is 0.222 e. The van der Waals surface area contributed by atoms with Crippen LogP contribution in [0.5, 0.6) is 0 Å². The number of aryl methyl sites for hydroxylation is 1. The average molecular weight is 347 g/mol. The van der Waals surface area contributed by atoms with Gasteiger partial charge in [-0.25, -0.2) is 0 Å². The van der Waals surface area contributed by atoms with E-state index in [2.05, 4.69) is 22.1 Å². The highest BCUT2D eigenvalue weighted by Gasteiger charge is 2.42. The van der Waals surface area contributed by atoms with Crippen LogP contribution in [0.4, 0.5) is 0 Å². The second kappa shape index (κ2) is 7.56. The van der Waals surface area contributed by atoms with Crippen molar-refractivity contribution < 1.29 is 9.59 Å². The monoisotopic (exact) mass is 347 g/mol. The van der Waals surface area contributed by atoms with Crippen molar-refractivity contribution in [3.63, 3.8) is 0 Å². The smallest absolute Gasteiger partial charge is 0.222 e. The molecule has 3 rings (SSSR count). The largest absolute Gasteiger partial charge is 0.346 e. The summed E-state index contributed by atoms with van der Waals surface area (Å²) >= 11 is 0. The van der Waals surface area contributed by atoms with Crippen molar-refractivity contribution in [3.05, 3.63) is 18.0 Å². The van der Waals surface area contributed by atoms with Crippen molar-refractivity contribution in [1.82, 2.24) is 24.9 Å². The fourth-order valence-corrected chi connectivity index (χ4v) is 3.99. The Kier molecular flexibility index (Phi) is 5.42. The second-order valence-electron chi connectivity index (χ2n) is 7.49. The Bertz CT molecular complexity index is 603. The molecular weight excluding hydrogens is 318 g/mol. The van der Waals surface area contributed by atoms with Crippen LogP contribution in [-0.4, -0.2) is 82.5 Å². The number of likely N-dealkylation sites (N-methyl/N-ethyl adjacent to an activating group) is 1. The minimum absolute atomic E-state index is 0.0567. The lowest BCUT2D eigenvalue weighted by molar-refractivity contribution is -0.137. The van der Waals surface area contributed by atoms with Crippen molar-refractivity contribution in [2.75, 3.05) is 40.3 Å². The van der Waals surface area contributed by atoms with Crippen LogP contribution in [0.15, 0.2) is 12.4 Å². The Labute approximate surface area is 149 Å². The number of hydrogen-bond acceptors (Lipinski definition) is 4. The zero-order valence-corrected chi connectivity index (χ0v) is 15.3. The predicted octanol–water partition coefficient (Wildman–Crippen LogP) is 0.888. The van der Waals surface area contributed by atoms with Crippen molar-refractivity contribution in [1.29, 1.82) is 0 Å². The summed E-state index contributed by atoms with van der Waals surface area (Å²) in [5.74, 6) is 0.453. The van der Waals surface area contributed by atoms with Gasteiger partial charge >= 0.3 is 0 Å². The molecule has 7 nitrogen and oxygen atoms in total. The summed E-state index contributed by atoms with van der Waals surface area (Å²) in [5.41, 5.74) is 1.09. The van der Waals surface area contributed by atoms with E-state index in [1.165, 1.54) is 0 Å². The molecule has 0 radical (unpaired) electrons. The van der Waals surface area contributed by atoms with Crippen molar-refractivity contribution >= 4 is 11.8 Å². The van der Waals surface area contributed by atoms with E-state index in [0.29, 0.717) is 12.8 Å². The standard InChI is InChI=1S/C18H29N5O2/c1-21-9-8-18(7-6-16(21)24)14-23(11-10-22(18)2)17(25)5-3-4-15-12-19-20-13-15/h12-13H,3-11,14H2,1-2H3,(H,19,20)/t18-/m1/s1. The molecule has 0 saturated carbocycles. The first-order valence-electron chi connectivity index (χ1n) is 9.21. The number of carbonyl (C=O) groups is 2. The van der Waals surface area contributed by atoms with E-state index in [1.54, 1.807) is 0 Å². The van der Waals surface area contributed by atoms with Crippen molar-refractivity contribution in [2.24, 2.45) is 0 Å². The van der Waals surface area contributed by atoms with E-state index in [-0.39, 0.29) is 17.4 Å². The zero-order valence-electron chi connectivity index (χ0n) is 15.3. The summed E-state index contributed by atoms with van der Waals surface area (Å²) in [7, 11) is 4.01. The molecule has 2 amide bonds. The van der Waals surface area contributed by atoms with Gasteiger partial charge in [0.05, 0.1) is 6.20 Å². The highest BCUT2D eigenvalue weighted by atomic mass is 16.2. The average Bonchev–Trinajstić information content (AvgIpc) is 3.08. The minimum atomic E-state index is -0.0567. The molecule has 25 heavy (non-hydrogen) atoms. The molecule has 2 saturated heterocycles. The van der Waals surface area contributed by atoms with E-state index in [4.69, 9.17) is 0 Å². The SMILES string of the molecule is CN1CC[C@]2(CCC1=O)CN(C(=O)CCCc1cn[nH]c1)CCN2C. The van der Waals surface area contributed by atoms with Crippen molar-refractivity contribution in [2.45, 2.75) is 44.1 Å². The highest BCUT2D eigenvalue weighted by molar-refractivity contribution is 5.77. The van der Waals surface area contributed by atoms with E-state index in [9.17, 15) is 9.59 Å². The Morgan fingerprint density at radius 2 is 2.12 bits per heavy atom. The second-order valence-corrected chi connectivity index (χ2v) is 7.49. The number of aromatic nitrogens is 2. The first-order chi connectivity index (χ1) is 12.0. The highest BCUT2D eigenvalue weighted by Crippen LogP contribution is 2.32. The van der Waals surface area contributed by atoms with Crippen LogP contribution < -0.4 is 0 Å². The maximum atomic E-state index is 12.7. The molecule has 0 aliphatic carbocycles. The zero-order chi connectivity index (χ0) is 17.9. The number of hydrogen-bond donors (Lipinski definition) is 1. The number of likely N-dealkylation sites (tertiary alicyclic amines) is 1. The molecule has 0 unspecified atom stereocenters. The molecule has 2 aliphatic rings. The Hall–Kier alpha value is -1.89. The Morgan fingerprint density at radius 3 is 2.88 bits per heavy atom. The van der Waals surface area contributed by atoms with E-state index in [1.807, 2.05) is 29.2 Å². The molecular formula is C18H29N5O2. The van der Waals surface area contributed by atoms with E-state index in [0.717, 1.165) is 57.4 Å². The summed E-state index contributed by atoms with van der Waals surface area (Å²) in [6, 6.07) is 0. The molecule has 1 aromatic rings. The van der Waals surface area contributed by atoms with Gasteiger partial charge in [0.2, 0.25) is 11.8 Å². The van der Waals surface area contributed by atoms with Gasteiger partial charge in [0.25, 0.3) is 0 Å². The van der Waals surface area contributed by atoms with Crippen LogP contribution in [0.1, 0.15) is 37.7 Å². The molecule has 1 atom stereocenters. The topological polar surface area (TPSA) is 72.5 Å². The molecule has 1 spiro atoms. The van der Waals surface area contributed by atoms with Crippen LogP contribution in [-0.2, 0) is 16.0 Å². The van der Waals surface area contributed by atoms with E-state index < -0.39 is 0 Å². The van der Waals surface area contributed by atoms with Gasteiger partial charge < -0.3 is 9.80 Å². The first-order valence-corrected chi connectivity index (χ1v) is 9.21. The van der Waals surface area contributed by atoms with Gasteiger partial charge in [-0.15, -0.1) is 0 Å². The number of carbonyl (C=O) groups excluding carboxylic acids is 2. The Balaban J connectivity index is 1.57. The van der Waals surface area contributed by atoms with Gasteiger partial charge in [-0.1, -0.05) is 0 Å². The van der Waals surface area contributed by atoms with Gasteiger partial charge in [-0.2, -0.15) is 5.10 Å². The third-order valence-electron chi connectivity index (χ3n) is 5.91. The van der Waals surface area contributed by atoms with Crippen LogP contribution in [0, 0.1) is 0 Å². The molecule has 1 N–H and O–H groups in total. The molecule has 7 heteroatoms. The van der Waals surface area contributed by atoms with Gasteiger partial charge in [0, 0.05) is 57.8 Å². The van der Waals surface area contributed by atoms with Gasteiger partial charge in [-0.3, -0.25) is 19.6 Å². The quantitative estimate of drug-likeness (QED) is 0.878. The number of rotatable bonds is 4. The van der Waals surface area contributed by atoms with Gasteiger partial charge in [-0.05, 0) is 38.3 Å². The van der Waals surface area contributed by atoms with Gasteiger partial charge in [0.1, 0.15) is 0 Å². The lowest BCUT2D eigenvalue weighted by atomic mass is 9.86. The van der Waals surface area contributed by atoms with Gasteiger partial charge in [0.15, 0.2) is 0 Å². The van der Waals surface area contributed by atoms with Crippen LogP contribution in [0.2, 0.25) is 0 Å².